The van der Waals surface area contributed by atoms with E-state index in [-0.39, 0.29) is 6.03 Å². The van der Waals surface area contributed by atoms with E-state index in [9.17, 15) is 4.79 Å². The Kier molecular flexibility index (Phi) is 1.12. The van der Waals surface area contributed by atoms with Crippen LogP contribution in [0.25, 0.3) is 0 Å². The van der Waals surface area contributed by atoms with Gasteiger partial charge in [-0.1, -0.05) is 0 Å². The zero-order valence-corrected chi connectivity index (χ0v) is 5.14. The Labute approximate surface area is 48.7 Å². The van der Waals surface area contributed by atoms with Gasteiger partial charge < -0.3 is 10.2 Å². The van der Waals surface area contributed by atoms with Crippen molar-refractivity contribution in [1.82, 2.24) is 10.2 Å². The van der Waals surface area contributed by atoms with Crippen LogP contribution in [0.5, 0.6) is 0 Å². The standard InChI is InChI=1S/C5H10N2O/c1-4-3-7(4)5(8)6-2/h4H,3H2,1-2H3,(H,6,8). The number of carbonyl (C=O) groups excluding carboxylic acids is 1. The summed E-state index contributed by atoms with van der Waals surface area (Å²) in [6.45, 7) is 2.94. The maximum atomic E-state index is 10.6. The topological polar surface area (TPSA) is 32.1 Å². The number of hydrogen-bond donors (Lipinski definition) is 1. The fourth-order valence-corrected chi connectivity index (χ4v) is 0.664. The lowest BCUT2D eigenvalue weighted by atomic mass is 10.6. The number of carbonyl (C=O) groups is 1. The molecule has 0 aromatic heterocycles. The molecule has 2 amide bonds. The molecule has 1 aliphatic heterocycles. The molecular formula is C5H10N2O. The van der Waals surface area contributed by atoms with Crippen LogP contribution in [0.1, 0.15) is 6.92 Å². The molecule has 1 saturated heterocycles. The zero-order chi connectivity index (χ0) is 6.15. The van der Waals surface area contributed by atoms with Crippen molar-refractivity contribution < 1.29 is 4.79 Å². The van der Waals surface area contributed by atoms with Gasteiger partial charge in [0.1, 0.15) is 0 Å². The largest absolute Gasteiger partial charge is 0.341 e. The van der Waals surface area contributed by atoms with Crippen LogP contribution in [-0.4, -0.2) is 30.6 Å². The van der Waals surface area contributed by atoms with Crippen LogP contribution in [-0.2, 0) is 0 Å². The summed E-state index contributed by atoms with van der Waals surface area (Å²) in [6, 6.07) is 0.507. The summed E-state index contributed by atoms with van der Waals surface area (Å²) in [5, 5.41) is 2.54. The smallest absolute Gasteiger partial charge is 0.317 e. The predicted molar refractivity (Wildman–Crippen MR) is 30.6 cm³/mol. The van der Waals surface area contributed by atoms with Gasteiger partial charge in [0.05, 0.1) is 0 Å². The molecular weight excluding hydrogens is 104 g/mol. The monoisotopic (exact) mass is 114 g/mol. The van der Waals surface area contributed by atoms with Crippen molar-refractivity contribution in [1.29, 1.82) is 0 Å². The number of rotatable bonds is 0. The summed E-state index contributed by atoms with van der Waals surface area (Å²) in [5.74, 6) is 0. The average molecular weight is 114 g/mol. The minimum Gasteiger partial charge on any atom is -0.341 e. The van der Waals surface area contributed by atoms with Gasteiger partial charge in [-0.15, -0.1) is 0 Å². The molecule has 0 aliphatic carbocycles. The molecule has 0 spiro atoms. The molecule has 1 aliphatic rings. The Morgan fingerprint density at radius 3 is 2.50 bits per heavy atom. The van der Waals surface area contributed by atoms with Gasteiger partial charge in [-0.05, 0) is 6.92 Å². The van der Waals surface area contributed by atoms with Gasteiger partial charge in [-0.3, -0.25) is 0 Å². The highest BCUT2D eigenvalue weighted by Crippen LogP contribution is 2.14. The maximum absolute atomic E-state index is 10.6. The van der Waals surface area contributed by atoms with E-state index in [4.69, 9.17) is 0 Å². The quantitative estimate of drug-likeness (QED) is 0.443. The number of nitrogens with one attached hydrogen (secondary N) is 1. The van der Waals surface area contributed by atoms with Gasteiger partial charge in [0.2, 0.25) is 0 Å². The highest BCUT2D eigenvalue weighted by molar-refractivity contribution is 5.76. The SMILES string of the molecule is CNC(=O)N1CC1C. The second kappa shape index (κ2) is 1.65. The van der Waals surface area contributed by atoms with Gasteiger partial charge in [0, 0.05) is 19.6 Å². The lowest BCUT2D eigenvalue weighted by Crippen LogP contribution is -2.24. The van der Waals surface area contributed by atoms with E-state index in [1.807, 2.05) is 6.92 Å². The summed E-state index contributed by atoms with van der Waals surface area (Å²) in [7, 11) is 1.65. The molecule has 0 radical (unpaired) electrons. The molecule has 1 N–H and O–H groups in total. The van der Waals surface area contributed by atoms with Crippen LogP contribution in [0.4, 0.5) is 4.79 Å². The first-order chi connectivity index (χ1) is 3.75. The average Bonchev–Trinajstić information content (AvgIpc) is 2.45. The second-order valence-corrected chi connectivity index (χ2v) is 2.06. The molecule has 0 saturated carbocycles. The van der Waals surface area contributed by atoms with Crippen molar-refractivity contribution in [3.63, 3.8) is 0 Å². The van der Waals surface area contributed by atoms with Crippen LogP contribution in [0.15, 0.2) is 0 Å². The minimum absolute atomic E-state index is 0.0394. The van der Waals surface area contributed by atoms with Gasteiger partial charge in [0.15, 0.2) is 0 Å². The van der Waals surface area contributed by atoms with E-state index in [1.54, 1.807) is 11.9 Å². The van der Waals surface area contributed by atoms with Crippen LogP contribution in [0.2, 0.25) is 0 Å². The number of hydrogen-bond acceptors (Lipinski definition) is 1. The van der Waals surface area contributed by atoms with Crippen molar-refractivity contribution in [3.05, 3.63) is 0 Å². The molecule has 1 unspecified atom stereocenters. The molecule has 1 heterocycles. The van der Waals surface area contributed by atoms with E-state index in [1.165, 1.54) is 0 Å². The number of urea groups is 1. The Balaban J connectivity index is 2.28. The Morgan fingerprint density at radius 2 is 2.38 bits per heavy atom. The first-order valence-corrected chi connectivity index (χ1v) is 2.74. The van der Waals surface area contributed by atoms with Crippen molar-refractivity contribution >= 4 is 6.03 Å². The number of amides is 2. The Hall–Kier alpha value is -0.730. The molecule has 3 heteroatoms. The molecule has 0 aromatic carbocycles. The third-order valence-electron chi connectivity index (χ3n) is 1.33. The van der Waals surface area contributed by atoms with Gasteiger partial charge >= 0.3 is 6.03 Å². The minimum atomic E-state index is 0.0394. The van der Waals surface area contributed by atoms with E-state index in [0.29, 0.717) is 6.04 Å². The second-order valence-electron chi connectivity index (χ2n) is 2.06. The molecule has 0 bridgehead atoms. The molecule has 3 nitrogen and oxygen atoms in total. The summed E-state index contributed by atoms with van der Waals surface area (Å²) < 4.78 is 0. The highest BCUT2D eigenvalue weighted by Gasteiger charge is 2.32. The van der Waals surface area contributed by atoms with E-state index < -0.39 is 0 Å². The third kappa shape index (κ3) is 0.757. The van der Waals surface area contributed by atoms with Gasteiger partial charge in [-0.25, -0.2) is 4.79 Å². The lowest BCUT2D eigenvalue weighted by Gasteiger charge is -1.97. The van der Waals surface area contributed by atoms with Crippen molar-refractivity contribution in [2.45, 2.75) is 13.0 Å². The summed E-state index contributed by atoms with van der Waals surface area (Å²) >= 11 is 0. The highest BCUT2D eigenvalue weighted by atomic mass is 16.2. The fourth-order valence-electron chi connectivity index (χ4n) is 0.664. The Morgan fingerprint density at radius 1 is 1.88 bits per heavy atom. The van der Waals surface area contributed by atoms with Crippen LogP contribution in [0, 0.1) is 0 Å². The van der Waals surface area contributed by atoms with Gasteiger partial charge in [0.25, 0.3) is 0 Å². The third-order valence-corrected chi connectivity index (χ3v) is 1.33. The van der Waals surface area contributed by atoms with Crippen molar-refractivity contribution in [2.24, 2.45) is 0 Å². The maximum Gasteiger partial charge on any atom is 0.317 e. The van der Waals surface area contributed by atoms with Gasteiger partial charge in [-0.2, -0.15) is 0 Å². The molecule has 1 atom stereocenters. The molecule has 1 fully saturated rings. The Bertz CT molecular complexity index is 113. The summed E-state index contributed by atoms with van der Waals surface area (Å²) in [5.41, 5.74) is 0. The first kappa shape index (κ1) is 5.41. The molecule has 0 aromatic rings. The molecule has 46 valence electrons. The lowest BCUT2D eigenvalue weighted by molar-refractivity contribution is 0.230. The summed E-state index contributed by atoms with van der Waals surface area (Å²) in [6.07, 6.45) is 0. The van der Waals surface area contributed by atoms with E-state index in [0.717, 1.165) is 6.54 Å². The summed E-state index contributed by atoms with van der Waals surface area (Å²) in [4.78, 5) is 12.4. The van der Waals surface area contributed by atoms with Crippen LogP contribution >= 0.6 is 0 Å². The van der Waals surface area contributed by atoms with Crippen LogP contribution < -0.4 is 5.32 Å². The zero-order valence-electron chi connectivity index (χ0n) is 5.14. The molecule has 1 rings (SSSR count). The predicted octanol–water partition coefficient (Wildman–Crippen LogP) is 0.0299. The number of nitrogens with zero attached hydrogens (tertiary/aromatic N) is 1. The van der Waals surface area contributed by atoms with E-state index >= 15 is 0 Å². The van der Waals surface area contributed by atoms with Crippen molar-refractivity contribution in [2.75, 3.05) is 13.6 Å². The normalized spacial score (nSPS) is 25.2. The van der Waals surface area contributed by atoms with Crippen LogP contribution in [0.3, 0.4) is 0 Å². The first-order valence-electron chi connectivity index (χ1n) is 2.74. The molecule has 8 heavy (non-hydrogen) atoms. The fraction of sp³-hybridized carbons (Fsp3) is 0.800. The van der Waals surface area contributed by atoms with Crippen molar-refractivity contribution in [3.8, 4) is 0 Å². The van der Waals surface area contributed by atoms with E-state index in [2.05, 4.69) is 5.32 Å².